The van der Waals surface area contributed by atoms with Gasteiger partial charge >= 0.3 is 21.1 Å². The molecule has 4 rings (SSSR count). The van der Waals surface area contributed by atoms with Crippen molar-refractivity contribution in [3.05, 3.63) is 84.0 Å². The van der Waals surface area contributed by atoms with Crippen molar-refractivity contribution in [3.63, 3.8) is 0 Å². The van der Waals surface area contributed by atoms with Gasteiger partial charge in [-0.05, 0) is 49.8 Å². The van der Waals surface area contributed by atoms with Crippen molar-refractivity contribution in [2.24, 2.45) is 0 Å². The van der Waals surface area contributed by atoms with Gasteiger partial charge in [0.15, 0.2) is 0 Å². The molecule has 0 amide bonds. The molecule has 0 aliphatic rings. The molecule has 0 atom stereocenters. The molecule has 0 aromatic carbocycles. The van der Waals surface area contributed by atoms with Crippen LogP contribution >= 0.6 is 0 Å². The molecule has 0 aliphatic heterocycles. The minimum absolute atomic E-state index is 0. The third-order valence-electron chi connectivity index (χ3n) is 4.52. The minimum Gasteiger partial charge on any atom is -0.439 e. The summed E-state index contributed by atoms with van der Waals surface area (Å²) in [7, 11) is 0. The second kappa shape index (κ2) is 8.48. The molecule has 4 aromatic heterocycles. The molecule has 0 aliphatic carbocycles. The van der Waals surface area contributed by atoms with E-state index < -0.39 is 23.3 Å². The Balaban J connectivity index is 0.00000256. The first-order chi connectivity index (χ1) is 13.8. The van der Waals surface area contributed by atoms with Gasteiger partial charge < -0.3 is 15.0 Å². The molecule has 0 spiro atoms. The molecule has 4 aromatic rings. The van der Waals surface area contributed by atoms with E-state index in [0.29, 0.717) is 17.1 Å². The van der Waals surface area contributed by atoms with Gasteiger partial charge in [0.05, 0.1) is 11.4 Å². The summed E-state index contributed by atoms with van der Waals surface area (Å²) in [5, 5.41) is 0. The molecule has 4 heterocycles. The summed E-state index contributed by atoms with van der Waals surface area (Å²) in [6, 6.07) is 13.9. The molecule has 9 heteroatoms. The third kappa shape index (κ3) is 4.19. The van der Waals surface area contributed by atoms with Crippen molar-refractivity contribution in [1.82, 2.24) is 24.9 Å². The van der Waals surface area contributed by atoms with E-state index >= 15 is 0 Å². The van der Waals surface area contributed by atoms with Gasteiger partial charge in [0.2, 0.25) is 0 Å². The molecule has 0 bridgehead atoms. The quantitative estimate of drug-likeness (QED) is 0.266. The van der Waals surface area contributed by atoms with Crippen molar-refractivity contribution in [2.45, 2.75) is 19.3 Å². The van der Waals surface area contributed by atoms with Crippen LogP contribution in [0.2, 0.25) is 0 Å². The summed E-state index contributed by atoms with van der Waals surface area (Å²) in [4.78, 5) is 19.9. The van der Waals surface area contributed by atoms with Gasteiger partial charge in [-0.15, -0.1) is 6.07 Å². The standard InChI is InChI=1S/C21H14F3N5.Pt/c1-21(2,16-8-4-6-14(27-16)20-25-11-18(23)29-20)15-7-3-5-13(26-15)12-9-10-17(22)28-19(12)24;/h3-8,10-11H,1-2H3;/q-2;+2. The predicted octanol–water partition coefficient (Wildman–Crippen LogP) is 4.10. The number of hydrogen-bond donors (Lipinski definition) is 0. The second-order valence-corrected chi connectivity index (χ2v) is 6.85. The monoisotopic (exact) mass is 588 g/mol. The Morgan fingerprint density at radius 2 is 1.47 bits per heavy atom. The van der Waals surface area contributed by atoms with Crippen molar-refractivity contribution < 1.29 is 34.2 Å². The van der Waals surface area contributed by atoms with E-state index in [4.69, 9.17) is 0 Å². The van der Waals surface area contributed by atoms with Gasteiger partial charge in [-0.3, -0.25) is 9.97 Å². The number of imidazole rings is 1. The van der Waals surface area contributed by atoms with Crippen LogP contribution in [0.15, 0.2) is 48.7 Å². The van der Waals surface area contributed by atoms with Crippen LogP contribution in [0.1, 0.15) is 25.2 Å². The van der Waals surface area contributed by atoms with Crippen LogP contribution in [0.5, 0.6) is 0 Å². The van der Waals surface area contributed by atoms with Gasteiger partial charge in [0.1, 0.15) is 17.8 Å². The average Bonchev–Trinajstić information content (AvgIpc) is 3.14. The fourth-order valence-corrected chi connectivity index (χ4v) is 2.91. The van der Waals surface area contributed by atoms with Crippen LogP contribution in [-0.2, 0) is 26.5 Å². The van der Waals surface area contributed by atoms with Crippen LogP contribution in [0.25, 0.3) is 22.8 Å². The smallest absolute Gasteiger partial charge is 0.439 e. The fraction of sp³-hybridized carbons (Fsp3) is 0.143. The van der Waals surface area contributed by atoms with E-state index in [1.807, 2.05) is 19.9 Å². The molecule has 0 radical (unpaired) electrons. The Kier molecular flexibility index (Phi) is 6.17. The Labute approximate surface area is 185 Å². The number of halogens is 3. The third-order valence-corrected chi connectivity index (χ3v) is 4.52. The number of pyridine rings is 3. The zero-order valence-electron chi connectivity index (χ0n) is 15.8. The molecule has 154 valence electrons. The van der Waals surface area contributed by atoms with Crippen LogP contribution in [0, 0.1) is 23.9 Å². The van der Waals surface area contributed by atoms with E-state index in [9.17, 15) is 13.2 Å². The maximum Gasteiger partial charge on any atom is 2.00 e. The Morgan fingerprint density at radius 1 is 0.833 bits per heavy atom. The second-order valence-electron chi connectivity index (χ2n) is 6.85. The van der Waals surface area contributed by atoms with Crippen molar-refractivity contribution in [3.8, 4) is 22.8 Å². The summed E-state index contributed by atoms with van der Waals surface area (Å²) in [6.45, 7) is 3.81. The van der Waals surface area contributed by atoms with Crippen molar-refractivity contribution in [1.29, 1.82) is 0 Å². The van der Waals surface area contributed by atoms with Crippen molar-refractivity contribution in [2.75, 3.05) is 0 Å². The molecule has 0 saturated carbocycles. The molecule has 30 heavy (non-hydrogen) atoms. The molecular weight excluding hydrogens is 574 g/mol. The first-order valence-electron chi connectivity index (χ1n) is 8.69. The summed E-state index contributed by atoms with van der Waals surface area (Å²) in [5.74, 6) is -2.42. The predicted molar refractivity (Wildman–Crippen MR) is 99.1 cm³/mol. The number of nitrogens with zero attached hydrogens (tertiary/aromatic N) is 5. The van der Waals surface area contributed by atoms with Gasteiger partial charge in [-0.25, -0.2) is 13.2 Å². The number of aromatic nitrogens is 5. The Morgan fingerprint density at radius 3 is 2.07 bits per heavy atom. The number of hydrogen-bond acceptors (Lipinski definition) is 4. The first kappa shape index (κ1) is 21.8. The van der Waals surface area contributed by atoms with Crippen LogP contribution in [0.3, 0.4) is 0 Å². The van der Waals surface area contributed by atoms with E-state index in [0.717, 1.165) is 12.3 Å². The minimum atomic E-state index is -0.983. The van der Waals surface area contributed by atoms with Gasteiger partial charge in [-0.2, -0.15) is 0 Å². The molecule has 0 N–H and O–H groups in total. The van der Waals surface area contributed by atoms with E-state index in [2.05, 4.69) is 31.0 Å². The van der Waals surface area contributed by atoms with Crippen LogP contribution in [0.4, 0.5) is 13.2 Å². The molecule has 0 unspecified atom stereocenters. The maximum atomic E-state index is 14.1. The topological polar surface area (TPSA) is 65.7 Å². The van der Waals surface area contributed by atoms with Crippen molar-refractivity contribution >= 4 is 0 Å². The average molecular weight is 588 g/mol. The Hall–Kier alpha value is -2.86. The summed E-state index contributed by atoms with van der Waals surface area (Å²) in [5.41, 5.74) is 1.25. The van der Waals surface area contributed by atoms with Crippen LogP contribution in [-0.4, -0.2) is 19.9 Å². The molecule has 0 fully saturated rings. The summed E-state index contributed by atoms with van der Waals surface area (Å²) in [6.07, 6.45) is 1.03. The van der Waals surface area contributed by atoms with Gasteiger partial charge in [-0.1, -0.05) is 29.8 Å². The summed E-state index contributed by atoms with van der Waals surface area (Å²) >= 11 is 0. The molecule has 0 saturated heterocycles. The van der Waals surface area contributed by atoms with E-state index in [1.165, 1.54) is 0 Å². The van der Waals surface area contributed by atoms with Gasteiger partial charge in [0.25, 0.3) is 0 Å². The maximum absolute atomic E-state index is 14.1. The number of rotatable bonds is 4. The molecular formula is C21H14F3N5Pt. The largest absolute Gasteiger partial charge is 2.00 e. The van der Waals surface area contributed by atoms with Crippen LogP contribution < -0.4 is 4.98 Å². The zero-order valence-corrected chi connectivity index (χ0v) is 18.1. The van der Waals surface area contributed by atoms with E-state index in [1.54, 1.807) is 30.3 Å². The first-order valence-corrected chi connectivity index (χ1v) is 8.69. The fourth-order valence-electron chi connectivity index (χ4n) is 2.91. The molecule has 5 nitrogen and oxygen atoms in total. The normalized spacial score (nSPS) is 11.2. The van der Waals surface area contributed by atoms with Gasteiger partial charge in [0, 0.05) is 11.1 Å². The zero-order chi connectivity index (χ0) is 20.6. The Bertz CT molecular complexity index is 1190. The summed E-state index contributed by atoms with van der Waals surface area (Å²) < 4.78 is 40.3. The van der Waals surface area contributed by atoms with E-state index in [-0.39, 0.29) is 38.1 Å². The SMILES string of the molecule is CC(C)(c1cccc(-c2nc(F)c[n-]2)n1)c1cccc(-c2[c-]cc(F)nc2F)n1.[Pt+2].